The van der Waals surface area contributed by atoms with Gasteiger partial charge < -0.3 is 15.1 Å². The van der Waals surface area contributed by atoms with Crippen molar-refractivity contribution in [3.8, 4) is 0 Å². The molecule has 1 aliphatic rings. The minimum atomic E-state index is 0.0482. The van der Waals surface area contributed by atoms with Crippen molar-refractivity contribution in [2.24, 2.45) is 5.92 Å². The summed E-state index contributed by atoms with van der Waals surface area (Å²) in [5, 5.41) is 11.7. The smallest absolute Gasteiger partial charge is 0.225 e. The summed E-state index contributed by atoms with van der Waals surface area (Å²) in [6.07, 6.45) is 1.81. The van der Waals surface area contributed by atoms with Crippen LogP contribution in [0.5, 0.6) is 0 Å². The van der Waals surface area contributed by atoms with Crippen LogP contribution in [-0.2, 0) is 4.79 Å². The lowest BCUT2D eigenvalue weighted by molar-refractivity contribution is -0.134. The number of nitrogens with zero attached hydrogens (tertiary/aromatic N) is 5. The van der Waals surface area contributed by atoms with Crippen LogP contribution in [0.3, 0.4) is 0 Å². The third kappa shape index (κ3) is 4.23. The molecule has 132 valence electrons. The standard InChI is InChI=1S/C18H24N6O/c1-13(2)18(25)24-10-8-23(9-11-24)17-7-6-16(21-22-17)20-15-5-4-14(3)12-19-15/h4-7,12-13H,8-11H2,1-3H3,(H,19,20,21). The zero-order valence-electron chi connectivity index (χ0n) is 14.9. The fourth-order valence-electron chi connectivity index (χ4n) is 2.75. The Balaban J connectivity index is 1.58. The molecule has 0 aliphatic carbocycles. The second-order valence-electron chi connectivity index (χ2n) is 6.59. The van der Waals surface area contributed by atoms with E-state index < -0.39 is 0 Å². The van der Waals surface area contributed by atoms with Crippen LogP contribution in [0.2, 0.25) is 0 Å². The molecule has 2 aromatic heterocycles. The Kier molecular flexibility index (Phi) is 5.11. The van der Waals surface area contributed by atoms with Gasteiger partial charge in [-0.1, -0.05) is 19.9 Å². The Hall–Kier alpha value is -2.70. The average Bonchev–Trinajstić information content (AvgIpc) is 2.64. The molecular weight excluding hydrogens is 316 g/mol. The van der Waals surface area contributed by atoms with Crippen molar-refractivity contribution in [2.45, 2.75) is 20.8 Å². The van der Waals surface area contributed by atoms with E-state index in [2.05, 4.69) is 25.4 Å². The predicted octanol–water partition coefficient (Wildman–Crippen LogP) is 2.23. The first-order valence-corrected chi connectivity index (χ1v) is 8.60. The van der Waals surface area contributed by atoms with E-state index in [1.807, 2.05) is 56.1 Å². The van der Waals surface area contributed by atoms with Crippen LogP contribution in [0.4, 0.5) is 17.5 Å². The maximum atomic E-state index is 12.0. The SMILES string of the molecule is Cc1ccc(Nc2ccc(N3CCN(C(=O)C(C)C)CC3)nn2)nc1. The number of hydrogen-bond acceptors (Lipinski definition) is 6. The van der Waals surface area contributed by atoms with Gasteiger partial charge in [0.15, 0.2) is 11.6 Å². The second-order valence-corrected chi connectivity index (χ2v) is 6.59. The first-order chi connectivity index (χ1) is 12.0. The number of pyridine rings is 1. The molecule has 7 heteroatoms. The van der Waals surface area contributed by atoms with Crippen molar-refractivity contribution in [2.75, 3.05) is 36.4 Å². The number of piperazine rings is 1. The van der Waals surface area contributed by atoms with Crippen molar-refractivity contribution < 1.29 is 4.79 Å². The third-order valence-electron chi connectivity index (χ3n) is 4.23. The molecule has 0 saturated carbocycles. The zero-order valence-corrected chi connectivity index (χ0v) is 14.9. The Morgan fingerprint density at radius 2 is 1.76 bits per heavy atom. The van der Waals surface area contributed by atoms with Crippen molar-refractivity contribution in [1.29, 1.82) is 0 Å². The van der Waals surface area contributed by atoms with Gasteiger partial charge in [0.05, 0.1) is 0 Å². The van der Waals surface area contributed by atoms with E-state index in [0.29, 0.717) is 5.82 Å². The van der Waals surface area contributed by atoms with E-state index in [0.717, 1.165) is 43.4 Å². The molecule has 1 saturated heterocycles. The van der Waals surface area contributed by atoms with Crippen LogP contribution < -0.4 is 10.2 Å². The van der Waals surface area contributed by atoms with Crippen molar-refractivity contribution in [3.05, 3.63) is 36.0 Å². The van der Waals surface area contributed by atoms with Crippen molar-refractivity contribution >= 4 is 23.4 Å². The minimum Gasteiger partial charge on any atom is -0.352 e. The zero-order chi connectivity index (χ0) is 17.8. The largest absolute Gasteiger partial charge is 0.352 e. The summed E-state index contributed by atoms with van der Waals surface area (Å²) < 4.78 is 0. The first kappa shape index (κ1) is 17.1. The normalized spacial score (nSPS) is 14.7. The van der Waals surface area contributed by atoms with Gasteiger partial charge >= 0.3 is 0 Å². The quantitative estimate of drug-likeness (QED) is 0.920. The molecule has 1 fully saturated rings. The lowest BCUT2D eigenvalue weighted by atomic mass is 10.1. The molecule has 3 heterocycles. The minimum absolute atomic E-state index is 0.0482. The summed E-state index contributed by atoms with van der Waals surface area (Å²) >= 11 is 0. The monoisotopic (exact) mass is 340 g/mol. The molecule has 0 aromatic carbocycles. The predicted molar refractivity (Wildman–Crippen MR) is 97.9 cm³/mol. The van der Waals surface area contributed by atoms with Gasteiger partial charge in [0, 0.05) is 38.3 Å². The Morgan fingerprint density at radius 1 is 1.04 bits per heavy atom. The van der Waals surface area contributed by atoms with E-state index in [9.17, 15) is 4.79 Å². The summed E-state index contributed by atoms with van der Waals surface area (Å²) in [5.41, 5.74) is 1.11. The summed E-state index contributed by atoms with van der Waals surface area (Å²) in [4.78, 5) is 20.4. The van der Waals surface area contributed by atoms with Crippen LogP contribution >= 0.6 is 0 Å². The number of carbonyl (C=O) groups is 1. The topological polar surface area (TPSA) is 74.2 Å². The first-order valence-electron chi connectivity index (χ1n) is 8.60. The molecular formula is C18H24N6O. The van der Waals surface area contributed by atoms with Crippen LogP contribution in [-0.4, -0.2) is 52.2 Å². The van der Waals surface area contributed by atoms with Crippen molar-refractivity contribution in [3.63, 3.8) is 0 Å². The number of nitrogens with one attached hydrogen (secondary N) is 1. The van der Waals surface area contributed by atoms with Gasteiger partial charge in [-0.2, -0.15) is 0 Å². The van der Waals surface area contributed by atoms with Crippen LogP contribution in [0.25, 0.3) is 0 Å². The lowest BCUT2D eigenvalue weighted by Crippen LogP contribution is -2.50. The number of carbonyl (C=O) groups excluding carboxylic acids is 1. The molecule has 1 aliphatic heterocycles. The molecule has 0 radical (unpaired) electrons. The van der Waals surface area contributed by atoms with Crippen LogP contribution in [0.15, 0.2) is 30.5 Å². The molecule has 7 nitrogen and oxygen atoms in total. The molecule has 25 heavy (non-hydrogen) atoms. The second kappa shape index (κ2) is 7.46. The number of rotatable bonds is 4. The molecule has 2 aromatic rings. The Bertz CT molecular complexity index is 705. The fraction of sp³-hybridized carbons (Fsp3) is 0.444. The van der Waals surface area contributed by atoms with Gasteiger partial charge in [-0.15, -0.1) is 10.2 Å². The average molecular weight is 340 g/mol. The molecule has 1 N–H and O–H groups in total. The molecule has 0 atom stereocenters. The summed E-state index contributed by atoms with van der Waals surface area (Å²) in [6, 6.07) is 7.75. The van der Waals surface area contributed by atoms with Gasteiger partial charge in [-0.3, -0.25) is 4.79 Å². The van der Waals surface area contributed by atoms with E-state index >= 15 is 0 Å². The maximum absolute atomic E-state index is 12.0. The number of aryl methyl sites for hydroxylation is 1. The highest BCUT2D eigenvalue weighted by Crippen LogP contribution is 2.17. The van der Waals surface area contributed by atoms with Crippen molar-refractivity contribution in [1.82, 2.24) is 20.1 Å². The van der Waals surface area contributed by atoms with E-state index in [4.69, 9.17) is 0 Å². The third-order valence-corrected chi connectivity index (χ3v) is 4.23. The van der Waals surface area contributed by atoms with Gasteiger partial charge in [-0.25, -0.2) is 4.98 Å². The highest BCUT2D eigenvalue weighted by atomic mass is 16.2. The Labute approximate surface area is 148 Å². The van der Waals surface area contributed by atoms with Gasteiger partial charge in [-0.05, 0) is 30.7 Å². The summed E-state index contributed by atoms with van der Waals surface area (Å²) in [6.45, 7) is 8.89. The summed E-state index contributed by atoms with van der Waals surface area (Å²) in [5.74, 6) is 2.50. The molecule has 1 amide bonds. The van der Waals surface area contributed by atoms with Crippen LogP contribution in [0.1, 0.15) is 19.4 Å². The summed E-state index contributed by atoms with van der Waals surface area (Å²) in [7, 11) is 0. The maximum Gasteiger partial charge on any atom is 0.225 e. The highest BCUT2D eigenvalue weighted by Gasteiger charge is 2.23. The highest BCUT2D eigenvalue weighted by molar-refractivity contribution is 5.78. The number of aromatic nitrogens is 3. The molecule has 3 rings (SSSR count). The number of anilines is 3. The van der Waals surface area contributed by atoms with Gasteiger partial charge in [0.25, 0.3) is 0 Å². The molecule has 0 unspecified atom stereocenters. The van der Waals surface area contributed by atoms with Gasteiger partial charge in [0.2, 0.25) is 5.91 Å². The lowest BCUT2D eigenvalue weighted by Gasteiger charge is -2.36. The van der Waals surface area contributed by atoms with Gasteiger partial charge in [0.1, 0.15) is 5.82 Å². The Morgan fingerprint density at radius 3 is 2.32 bits per heavy atom. The van der Waals surface area contributed by atoms with E-state index in [-0.39, 0.29) is 11.8 Å². The van der Waals surface area contributed by atoms with E-state index in [1.54, 1.807) is 0 Å². The molecule has 0 bridgehead atoms. The molecule has 0 spiro atoms. The van der Waals surface area contributed by atoms with E-state index in [1.165, 1.54) is 0 Å². The number of amides is 1. The fourth-order valence-corrected chi connectivity index (χ4v) is 2.75. The number of hydrogen-bond donors (Lipinski definition) is 1. The van der Waals surface area contributed by atoms with Crippen LogP contribution in [0, 0.1) is 12.8 Å².